The quantitative estimate of drug-likeness (QED) is 0.886. The minimum absolute atomic E-state index is 0.277. The summed E-state index contributed by atoms with van der Waals surface area (Å²) in [7, 11) is 0. The van der Waals surface area contributed by atoms with Crippen LogP contribution in [0.25, 0.3) is 10.2 Å². The second kappa shape index (κ2) is 7.56. The molecule has 1 saturated heterocycles. The van der Waals surface area contributed by atoms with Crippen LogP contribution in [0.5, 0.6) is 0 Å². The lowest BCUT2D eigenvalue weighted by Crippen LogP contribution is -2.53. The number of β-amino-alcohol motifs (C(OH)–C–C–N with tert-alkyl or cyclic N) is 1. The minimum Gasteiger partial charge on any atom is -0.392 e. The van der Waals surface area contributed by atoms with Crippen molar-refractivity contribution in [2.75, 3.05) is 31.1 Å². The summed E-state index contributed by atoms with van der Waals surface area (Å²) < 4.78 is 0. The van der Waals surface area contributed by atoms with E-state index in [1.165, 1.54) is 10.9 Å². The smallest absolute Gasteiger partial charge is 0.141 e. The number of anilines is 1. The maximum atomic E-state index is 9.67. The summed E-state index contributed by atoms with van der Waals surface area (Å²) in [4.78, 5) is 15.4. The van der Waals surface area contributed by atoms with Gasteiger partial charge in [0.25, 0.3) is 0 Å². The third-order valence-corrected chi connectivity index (χ3v) is 5.66. The first-order valence-corrected chi connectivity index (χ1v) is 10.1. The van der Waals surface area contributed by atoms with Crippen molar-refractivity contribution < 1.29 is 5.11 Å². The second-order valence-electron chi connectivity index (χ2n) is 7.78. The highest BCUT2D eigenvalue weighted by Gasteiger charge is 2.28. The van der Waals surface area contributed by atoms with Crippen molar-refractivity contribution in [3.05, 3.63) is 16.8 Å². The molecule has 0 bridgehead atoms. The van der Waals surface area contributed by atoms with Gasteiger partial charge in [0.2, 0.25) is 0 Å². The van der Waals surface area contributed by atoms with Crippen molar-refractivity contribution in [3.8, 4) is 0 Å². The molecular weight excluding hydrogens is 332 g/mol. The van der Waals surface area contributed by atoms with Gasteiger partial charge < -0.3 is 10.0 Å². The molecule has 1 aliphatic rings. The van der Waals surface area contributed by atoms with E-state index < -0.39 is 0 Å². The Morgan fingerprint density at radius 3 is 2.68 bits per heavy atom. The lowest BCUT2D eigenvalue weighted by atomic mass is 10.0. The van der Waals surface area contributed by atoms with Gasteiger partial charge in [0.05, 0.1) is 11.5 Å². The number of aryl methyl sites for hydroxylation is 1. The fraction of sp³-hybridized carbons (Fsp3) is 0.684. The van der Waals surface area contributed by atoms with Crippen molar-refractivity contribution in [2.45, 2.75) is 53.2 Å². The molecule has 1 aliphatic heterocycles. The van der Waals surface area contributed by atoms with Crippen LogP contribution in [0.15, 0.2) is 5.38 Å². The van der Waals surface area contributed by atoms with Crippen LogP contribution in [0.4, 0.5) is 5.82 Å². The molecule has 6 heteroatoms. The van der Waals surface area contributed by atoms with Gasteiger partial charge in [-0.25, -0.2) is 9.97 Å². The number of thiophene rings is 1. The number of hydrogen-bond acceptors (Lipinski definition) is 6. The molecule has 2 aromatic heterocycles. The Balaban J connectivity index is 1.93. The van der Waals surface area contributed by atoms with Gasteiger partial charge in [0.1, 0.15) is 16.5 Å². The van der Waals surface area contributed by atoms with Gasteiger partial charge in [0.15, 0.2) is 0 Å². The zero-order chi connectivity index (χ0) is 18.1. The highest BCUT2D eigenvalue weighted by Crippen LogP contribution is 2.35. The third kappa shape index (κ3) is 4.13. The molecule has 1 fully saturated rings. The number of aliphatic hydroxyl groups is 1. The van der Waals surface area contributed by atoms with Crippen LogP contribution in [-0.2, 0) is 6.42 Å². The maximum Gasteiger partial charge on any atom is 0.141 e. The molecule has 3 rings (SSSR count). The monoisotopic (exact) mass is 362 g/mol. The molecule has 1 N–H and O–H groups in total. The number of aliphatic hydroxyl groups excluding tert-OH is 1. The first kappa shape index (κ1) is 18.5. The van der Waals surface area contributed by atoms with Crippen LogP contribution >= 0.6 is 11.3 Å². The van der Waals surface area contributed by atoms with E-state index >= 15 is 0 Å². The Morgan fingerprint density at radius 2 is 2.04 bits per heavy atom. The molecule has 0 amide bonds. The maximum absolute atomic E-state index is 9.67. The van der Waals surface area contributed by atoms with Gasteiger partial charge in [-0.05, 0) is 44.1 Å². The largest absolute Gasteiger partial charge is 0.392 e. The summed E-state index contributed by atoms with van der Waals surface area (Å²) in [5.74, 6) is 2.56. The Labute approximate surface area is 154 Å². The average molecular weight is 363 g/mol. The van der Waals surface area contributed by atoms with Crippen LogP contribution in [0, 0.1) is 12.8 Å². The topological polar surface area (TPSA) is 52.5 Å². The number of rotatable bonds is 5. The average Bonchev–Trinajstić information content (AvgIpc) is 2.88. The number of nitrogens with zero attached hydrogens (tertiary/aromatic N) is 4. The fourth-order valence-corrected chi connectivity index (χ4v) is 4.76. The van der Waals surface area contributed by atoms with Gasteiger partial charge >= 0.3 is 0 Å². The summed E-state index contributed by atoms with van der Waals surface area (Å²) >= 11 is 1.74. The SMILES string of the molecule is Cc1nc(N2CCN(C[C@H](C)O)C[C@H]2C)c2c(CC(C)C)csc2n1. The van der Waals surface area contributed by atoms with Crippen molar-refractivity contribution in [1.29, 1.82) is 0 Å². The molecule has 0 saturated carbocycles. The molecule has 0 aliphatic carbocycles. The first-order chi connectivity index (χ1) is 11.8. The summed E-state index contributed by atoms with van der Waals surface area (Å²) in [5, 5.41) is 13.2. The molecule has 25 heavy (non-hydrogen) atoms. The summed E-state index contributed by atoms with van der Waals surface area (Å²) in [5.41, 5.74) is 1.38. The normalized spacial score (nSPS) is 20.6. The summed E-state index contributed by atoms with van der Waals surface area (Å²) in [6.45, 7) is 14.2. The molecular formula is C19H30N4OS. The first-order valence-electron chi connectivity index (χ1n) is 9.27. The van der Waals surface area contributed by atoms with E-state index in [2.05, 4.69) is 40.9 Å². The highest BCUT2D eigenvalue weighted by molar-refractivity contribution is 7.17. The van der Waals surface area contributed by atoms with Crippen LogP contribution in [0.2, 0.25) is 0 Å². The fourth-order valence-electron chi connectivity index (χ4n) is 3.77. The van der Waals surface area contributed by atoms with E-state index in [9.17, 15) is 5.11 Å². The molecule has 2 aromatic rings. The van der Waals surface area contributed by atoms with E-state index in [-0.39, 0.29) is 6.10 Å². The minimum atomic E-state index is -0.277. The second-order valence-corrected chi connectivity index (χ2v) is 8.64. The number of hydrogen-bond donors (Lipinski definition) is 1. The molecule has 0 radical (unpaired) electrons. The number of piperazine rings is 1. The van der Waals surface area contributed by atoms with Crippen LogP contribution in [0.1, 0.15) is 39.1 Å². The molecule has 3 heterocycles. The molecule has 0 spiro atoms. The van der Waals surface area contributed by atoms with E-state index in [0.29, 0.717) is 12.0 Å². The zero-order valence-corrected chi connectivity index (χ0v) is 16.8. The third-order valence-electron chi connectivity index (χ3n) is 4.74. The Morgan fingerprint density at radius 1 is 1.28 bits per heavy atom. The van der Waals surface area contributed by atoms with Crippen LogP contribution in [-0.4, -0.2) is 58.3 Å². The molecule has 0 aromatic carbocycles. The zero-order valence-electron chi connectivity index (χ0n) is 16.0. The lowest BCUT2D eigenvalue weighted by Gasteiger charge is -2.41. The Bertz CT molecular complexity index is 728. The van der Waals surface area contributed by atoms with Crippen molar-refractivity contribution in [1.82, 2.24) is 14.9 Å². The van der Waals surface area contributed by atoms with Gasteiger partial charge in [-0.3, -0.25) is 4.90 Å². The molecule has 138 valence electrons. The Kier molecular flexibility index (Phi) is 5.61. The Hall–Kier alpha value is -1.24. The predicted molar refractivity (Wildman–Crippen MR) is 106 cm³/mol. The van der Waals surface area contributed by atoms with Gasteiger partial charge in [-0.1, -0.05) is 13.8 Å². The highest BCUT2D eigenvalue weighted by atomic mass is 32.1. The lowest BCUT2D eigenvalue weighted by molar-refractivity contribution is 0.114. The number of fused-ring (bicyclic) bond motifs is 1. The van der Waals surface area contributed by atoms with Crippen LogP contribution in [0.3, 0.4) is 0 Å². The standard InChI is InChI=1S/C19H30N4OS/c1-12(2)8-16-11-25-19-17(16)18(20-15(5)21-19)23-7-6-22(9-13(23)3)10-14(4)24/h11-14,24H,6-10H2,1-5H3/t13-,14+/m1/s1. The van der Waals surface area contributed by atoms with E-state index in [4.69, 9.17) is 4.98 Å². The van der Waals surface area contributed by atoms with E-state index in [0.717, 1.165) is 49.1 Å². The molecule has 5 nitrogen and oxygen atoms in total. The van der Waals surface area contributed by atoms with E-state index in [1.807, 2.05) is 13.8 Å². The number of aromatic nitrogens is 2. The van der Waals surface area contributed by atoms with Crippen LogP contribution < -0.4 is 4.90 Å². The predicted octanol–water partition coefficient (Wildman–Crippen LogP) is 3.09. The van der Waals surface area contributed by atoms with Crippen molar-refractivity contribution in [3.63, 3.8) is 0 Å². The summed E-state index contributed by atoms with van der Waals surface area (Å²) in [6, 6.07) is 0.372. The molecule has 0 unspecified atom stereocenters. The van der Waals surface area contributed by atoms with Crippen molar-refractivity contribution in [2.24, 2.45) is 5.92 Å². The van der Waals surface area contributed by atoms with Gasteiger partial charge in [-0.15, -0.1) is 11.3 Å². The van der Waals surface area contributed by atoms with E-state index in [1.54, 1.807) is 11.3 Å². The van der Waals surface area contributed by atoms with Crippen molar-refractivity contribution >= 4 is 27.4 Å². The molecule has 2 atom stereocenters. The van der Waals surface area contributed by atoms with Gasteiger partial charge in [0, 0.05) is 32.2 Å². The van der Waals surface area contributed by atoms with Gasteiger partial charge in [-0.2, -0.15) is 0 Å². The summed E-state index contributed by atoms with van der Waals surface area (Å²) in [6.07, 6.45) is 0.789.